The van der Waals surface area contributed by atoms with Gasteiger partial charge in [-0.3, -0.25) is 0 Å². The highest BCUT2D eigenvalue weighted by Gasteiger charge is 2.00. The Morgan fingerprint density at radius 3 is 2.83 bits per heavy atom. The Hall–Kier alpha value is -0.680. The van der Waals surface area contributed by atoms with E-state index in [-0.39, 0.29) is 0 Å². The van der Waals surface area contributed by atoms with Gasteiger partial charge in [0.2, 0.25) is 0 Å². The van der Waals surface area contributed by atoms with E-state index >= 15 is 0 Å². The van der Waals surface area contributed by atoms with Crippen molar-refractivity contribution < 1.29 is 4.74 Å². The first-order valence-electron chi connectivity index (χ1n) is 6.27. The van der Waals surface area contributed by atoms with Crippen LogP contribution in [-0.2, 0) is 24.3 Å². The van der Waals surface area contributed by atoms with Crippen LogP contribution in [0.2, 0.25) is 0 Å². The summed E-state index contributed by atoms with van der Waals surface area (Å²) in [6, 6.07) is 8.60. The lowest BCUT2D eigenvalue weighted by molar-refractivity contribution is 0.126. The fourth-order valence-corrected chi connectivity index (χ4v) is 3.26. The van der Waals surface area contributed by atoms with Gasteiger partial charge in [-0.2, -0.15) is 0 Å². The maximum atomic E-state index is 5.71. The summed E-state index contributed by atoms with van der Waals surface area (Å²) in [5, 5.41) is 5.45. The minimum atomic E-state index is 0.738. The van der Waals surface area contributed by atoms with Crippen molar-refractivity contribution in [3.8, 4) is 0 Å². The molecular formula is C14H19NOS2. The van der Waals surface area contributed by atoms with E-state index in [1.165, 1.54) is 14.6 Å². The van der Waals surface area contributed by atoms with E-state index in [1.807, 2.05) is 11.3 Å². The number of ether oxygens (including phenoxy) is 1. The molecule has 0 saturated heterocycles. The molecule has 0 fully saturated rings. The minimum Gasteiger partial charge on any atom is -0.376 e. The van der Waals surface area contributed by atoms with Crippen molar-refractivity contribution in [3.63, 3.8) is 0 Å². The Morgan fingerprint density at radius 1 is 1.17 bits per heavy atom. The lowest BCUT2D eigenvalue weighted by atomic mass is 10.4. The molecule has 1 N–H and O–H groups in total. The fourth-order valence-electron chi connectivity index (χ4n) is 1.64. The maximum absolute atomic E-state index is 5.71. The summed E-state index contributed by atoms with van der Waals surface area (Å²) in [7, 11) is 0. The van der Waals surface area contributed by atoms with Crippen molar-refractivity contribution in [3.05, 3.63) is 44.3 Å². The first kappa shape index (κ1) is 13.7. The summed E-state index contributed by atoms with van der Waals surface area (Å²) in [6.45, 7) is 5.66. The predicted octanol–water partition coefficient (Wildman–Crippen LogP) is 3.68. The Balaban J connectivity index is 1.65. The van der Waals surface area contributed by atoms with E-state index in [2.05, 4.69) is 41.9 Å². The summed E-state index contributed by atoms with van der Waals surface area (Å²) in [5.41, 5.74) is 0. The Kier molecular flexibility index (Phi) is 5.87. The summed E-state index contributed by atoms with van der Waals surface area (Å²) >= 11 is 3.63. The zero-order valence-electron chi connectivity index (χ0n) is 10.6. The van der Waals surface area contributed by atoms with Gasteiger partial charge in [0.1, 0.15) is 0 Å². The van der Waals surface area contributed by atoms with Gasteiger partial charge in [-0.05, 0) is 30.1 Å². The van der Waals surface area contributed by atoms with Crippen LogP contribution >= 0.6 is 22.7 Å². The largest absolute Gasteiger partial charge is 0.376 e. The van der Waals surface area contributed by atoms with Crippen molar-refractivity contribution >= 4 is 22.7 Å². The van der Waals surface area contributed by atoms with Crippen molar-refractivity contribution in [2.45, 2.75) is 26.5 Å². The van der Waals surface area contributed by atoms with Crippen molar-refractivity contribution in [2.24, 2.45) is 0 Å². The van der Waals surface area contributed by atoms with Crippen LogP contribution in [0.15, 0.2) is 29.6 Å². The molecule has 0 radical (unpaired) electrons. The maximum Gasteiger partial charge on any atom is 0.0809 e. The summed E-state index contributed by atoms with van der Waals surface area (Å²) in [6.07, 6.45) is 1.02. The Morgan fingerprint density at radius 2 is 2.06 bits per heavy atom. The van der Waals surface area contributed by atoms with Crippen LogP contribution in [-0.4, -0.2) is 13.2 Å². The summed E-state index contributed by atoms with van der Waals surface area (Å²) in [4.78, 5) is 4.09. The molecule has 2 rings (SSSR count). The average molecular weight is 281 g/mol. The van der Waals surface area contributed by atoms with E-state index in [0.29, 0.717) is 0 Å². The molecule has 18 heavy (non-hydrogen) atoms. The number of nitrogens with one attached hydrogen (secondary N) is 1. The molecule has 0 aliphatic rings. The van der Waals surface area contributed by atoms with E-state index < -0.39 is 0 Å². The highest BCUT2D eigenvalue weighted by atomic mass is 32.1. The van der Waals surface area contributed by atoms with E-state index in [1.54, 1.807) is 11.3 Å². The standard InChI is InChI=1S/C14H19NOS2/c1-2-15-10-13-5-6-14(18-13)11-16-8-7-12-4-3-9-17-12/h3-6,9,15H,2,7-8,10-11H2,1H3. The topological polar surface area (TPSA) is 21.3 Å². The molecule has 98 valence electrons. The molecule has 0 bridgehead atoms. The SMILES string of the molecule is CCNCc1ccc(COCCc2cccs2)s1. The van der Waals surface area contributed by atoms with Crippen molar-refractivity contribution in [2.75, 3.05) is 13.2 Å². The molecule has 0 atom stereocenters. The van der Waals surface area contributed by atoms with Gasteiger partial charge in [0.15, 0.2) is 0 Å². The molecular weight excluding hydrogens is 262 g/mol. The molecule has 0 saturated carbocycles. The molecule has 0 aliphatic carbocycles. The Labute approximate surface area is 117 Å². The lowest BCUT2D eigenvalue weighted by Gasteiger charge is -2.01. The molecule has 2 aromatic heterocycles. The van der Waals surface area contributed by atoms with Crippen LogP contribution in [0.5, 0.6) is 0 Å². The molecule has 0 aromatic carbocycles. The fraction of sp³-hybridized carbons (Fsp3) is 0.429. The van der Waals surface area contributed by atoms with Crippen LogP contribution in [0.3, 0.4) is 0 Å². The summed E-state index contributed by atoms with van der Waals surface area (Å²) < 4.78 is 5.71. The molecule has 0 spiro atoms. The highest BCUT2D eigenvalue weighted by Crippen LogP contribution is 2.17. The van der Waals surface area contributed by atoms with Crippen molar-refractivity contribution in [1.29, 1.82) is 0 Å². The van der Waals surface area contributed by atoms with E-state index in [9.17, 15) is 0 Å². The number of hydrogen-bond donors (Lipinski definition) is 1. The third-order valence-electron chi connectivity index (χ3n) is 2.58. The van der Waals surface area contributed by atoms with Crippen LogP contribution in [0, 0.1) is 0 Å². The lowest BCUT2D eigenvalue weighted by Crippen LogP contribution is -2.10. The average Bonchev–Trinajstić information content (AvgIpc) is 3.04. The predicted molar refractivity (Wildman–Crippen MR) is 79.4 cm³/mol. The van der Waals surface area contributed by atoms with Gasteiger partial charge in [0.05, 0.1) is 13.2 Å². The second-order valence-corrected chi connectivity index (χ2v) is 6.32. The van der Waals surface area contributed by atoms with Gasteiger partial charge in [0, 0.05) is 27.6 Å². The van der Waals surface area contributed by atoms with Gasteiger partial charge in [-0.25, -0.2) is 0 Å². The quantitative estimate of drug-likeness (QED) is 0.745. The van der Waals surface area contributed by atoms with Gasteiger partial charge >= 0.3 is 0 Å². The normalized spacial score (nSPS) is 10.9. The third kappa shape index (κ3) is 4.53. The molecule has 2 heterocycles. The molecule has 0 amide bonds. The first-order valence-corrected chi connectivity index (χ1v) is 7.96. The van der Waals surface area contributed by atoms with Crippen LogP contribution in [0.25, 0.3) is 0 Å². The van der Waals surface area contributed by atoms with Crippen molar-refractivity contribution in [1.82, 2.24) is 5.32 Å². The zero-order valence-corrected chi connectivity index (χ0v) is 12.3. The third-order valence-corrected chi connectivity index (χ3v) is 4.58. The first-order chi connectivity index (χ1) is 8.88. The molecule has 0 unspecified atom stereocenters. The molecule has 2 aromatic rings. The second kappa shape index (κ2) is 7.69. The number of hydrogen-bond acceptors (Lipinski definition) is 4. The molecule has 0 aliphatic heterocycles. The van der Waals surface area contributed by atoms with Crippen LogP contribution in [0.1, 0.15) is 21.6 Å². The van der Waals surface area contributed by atoms with Gasteiger partial charge in [-0.15, -0.1) is 22.7 Å². The number of rotatable bonds is 8. The van der Waals surface area contributed by atoms with E-state index in [0.717, 1.165) is 32.7 Å². The van der Waals surface area contributed by atoms with Gasteiger partial charge < -0.3 is 10.1 Å². The van der Waals surface area contributed by atoms with Gasteiger partial charge in [-0.1, -0.05) is 13.0 Å². The smallest absolute Gasteiger partial charge is 0.0809 e. The monoisotopic (exact) mass is 281 g/mol. The minimum absolute atomic E-state index is 0.738. The number of thiophene rings is 2. The molecule has 2 nitrogen and oxygen atoms in total. The Bertz CT molecular complexity index is 436. The second-order valence-electron chi connectivity index (χ2n) is 4.03. The van der Waals surface area contributed by atoms with Gasteiger partial charge in [0.25, 0.3) is 0 Å². The van der Waals surface area contributed by atoms with Crippen LogP contribution < -0.4 is 5.32 Å². The zero-order chi connectivity index (χ0) is 12.6. The van der Waals surface area contributed by atoms with Crippen LogP contribution in [0.4, 0.5) is 0 Å². The van der Waals surface area contributed by atoms with E-state index in [4.69, 9.17) is 4.74 Å². The highest BCUT2D eigenvalue weighted by molar-refractivity contribution is 7.12. The summed E-state index contributed by atoms with van der Waals surface area (Å²) in [5.74, 6) is 0. The molecule has 4 heteroatoms.